The molecule has 3 rings (SSSR count). The first-order chi connectivity index (χ1) is 8.83. The number of hydrogen-bond donors (Lipinski definition) is 1. The van der Waals surface area contributed by atoms with Gasteiger partial charge in [-0.3, -0.25) is 0 Å². The summed E-state index contributed by atoms with van der Waals surface area (Å²) in [6, 6.07) is 8.42. The molecule has 1 aromatic carbocycles. The van der Waals surface area contributed by atoms with E-state index in [0.717, 1.165) is 37.5 Å². The van der Waals surface area contributed by atoms with Crippen LogP contribution in [0.5, 0.6) is 0 Å². The maximum atomic E-state index is 11.9. The van der Waals surface area contributed by atoms with Crippen molar-refractivity contribution in [3.05, 3.63) is 29.8 Å². The molecule has 0 radical (unpaired) electrons. The first-order valence-corrected chi connectivity index (χ1v) is 6.99. The van der Waals surface area contributed by atoms with Crippen LogP contribution >= 0.6 is 0 Å². The summed E-state index contributed by atoms with van der Waals surface area (Å²) in [5, 5.41) is 2.97. The molecular weight excluding hydrogens is 224 g/mol. The maximum absolute atomic E-state index is 11.9. The van der Waals surface area contributed by atoms with Crippen molar-refractivity contribution >= 4 is 11.7 Å². The largest absolute Gasteiger partial charge is 0.325 e. The molecule has 1 saturated carbocycles. The van der Waals surface area contributed by atoms with Crippen LogP contribution in [0, 0.1) is 0 Å². The normalized spacial score (nSPS) is 19.7. The third-order valence-corrected chi connectivity index (χ3v) is 4.13. The number of carbonyl (C=O) groups excluding carboxylic acids is 1. The zero-order chi connectivity index (χ0) is 12.4. The number of nitrogens with zero attached hydrogens (tertiary/aromatic N) is 1. The van der Waals surface area contributed by atoms with Gasteiger partial charge in [0.05, 0.1) is 0 Å². The average molecular weight is 244 g/mol. The Morgan fingerprint density at radius 2 is 1.72 bits per heavy atom. The fraction of sp³-hybridized carbons (Fsp3) is 0.533. The van der Waals surface area contributed by atoms with Crippen LogP contribution < -0.4 is 5.32 Å². The first-order valence-electron chi connectivity index (χ1n) is 6.99. The molecule has 1 aliphatic carbocycles. The van der Waals surface area contributed by atoms with Crippen molar-refractivity contribution in [2.45, 2.75) is 38.0 Å². The lowest BCUT2D eigenvalue weighted by Crippen LogP contribution is -2.32. The molecule has 3 heteroatoms. The van der Waals surface area contributed by atoms with Gasteiger partial charge in [0.25, 0.3) is 0 Å². The van der Waals surface area contributed by atoms with Gasteiger partial charge in [-0.15, -0.1) is 0 Å². The van der Waals surface area contributed by atoms with Gasteiger partial charge in [-0.1, -0.05) is 18.6 Å². The van der Waals surface area contributed by atoms with Crippen molar-refractivity contribution < 1.29 is 4.79 Å². The van der Waals surface area contributed by atoms with Crippen molar-refractivity contribution in [3.8, 4) is 0 Å². The molecule has 0 aromatic heterocycles. The van der Waals surface area contributed by atoms with E-state index in [2.05, 4.69) is 17.4 Å². The molecule has 2 amide bonds. The van der Waals surface area contributed by atoms with Gasteiger partial charge in [0.15, 0.2) is 0 Å². The second-order valence-corrected chi connectivity index (χ2v) is 5.37. The number of rotatable bonds is 2. The fourth-order valence-corrected chi connectivity index (χ4v) is 2.70. The summed E-state index contributed by atoms with van der Waals surface area (Å²) in [4.78, 5) is 13.8. The Morgan fingerprint density at radius 1 is 1.06 bits per heavy atom. The Balaban J connectivity index is 1.60. The first kappa shape index (κ1) is 11.6. The molecule has 2 fully saturated rings. The number of carbonyl (C=O) groups is 1. The summed E-state index contributed by atoms with van der Waals surface area (Å²) in [5.41, 5.74) is 2.33. The third-order valence-electron chi connectivity index (χ3n) is 4.13. The summed E-state index contributed by atoms with van der Waals surface area (Å²) in [7, 11) is 0. The van der Waals surface area contributed by atoms with Gasteiger partial charge in [0.2, 0.25) is 0 Å². The van der Waals surface area contributed by atoms with E-state index in [1.807, 2.05) is 17.0 Å². The van der Waals surface area contributed by atoms with Crippen molar-refractivity contribution in [2.24, 2.45) is 0 Å². The fourth-order valence-electron chi connectivity index (χ4n) is 2.70. The number of hydrogen-bond acceptors (Lipinski definition) is 1. The van der Waals surface area contributed by atoms with E-state index in [4.69, 9.17) is 0 Å². The predicted octanol–water partition coefficient (Wildman–Crippen LogP) is 3.58. The summed E-state index contributed by atoms with van der Waals surface area (Å²) < 4.78 is 0. The number of likely N-dealkylation sites (tertiary alicyclic amines) is 1. The van der Waals surface area contributed by atoms with Gasteiger partial charge >= 0.3 is 6.03 Å². The Hall–Kier alpha value is -1.51. The number of amides is 2. The molecular formula is C15H20N2O. The van der Waals surface area contributed by atoms with E-state index in [-0.39, 0.29) is 6.03 Å². The average Bonchev–Trinajstić information content (AvgIpc) is 2.83. The van der Waals surface area contributed by atoms with Crippen LogP contribution in [0.2, 0.25) is 0 Å². The van der Waals surface area contributed by atoms with Gasteiger partial charge in [-0.2, -0.15) is 0 Å². The van der Waals surface area contributed by atoms with Crippen LogP contribution in [0.1, 0.15) is 43.6 Å². The van der Waals surface area contributed by atoms with E-state index in [0.29, 0.717) is 0 Å². The van der Waals surface area contributed by atoms with Crippen LogP contribution in [0.15, 0.2) is 24.3 Å². The highest BCUT2D eigenvalue weighted by Gasteiger charge is 2.20. The standard InChI is InChI=1S/C15H20N2O/c18-15(17-10-1-2-11-17)16-14-8-6-13(7-9-14)12-4-3-5-12/h6-9,12H,1-5,10-11H2,(H,16,18). The van der Waals surface area contributed by atoms with Gasteiger partial charge in [-0.05, 0) is 49.3 Å². The van der Waals surface area contributed by atoms with Crippen LogP contribution in [-0.2, 0) is 0 Å². The highest BCUT2D eigenvalue weighted by molar-refractivity contribution is 5.89. The summed E-state index contributed by atoms with van der Waals surface area (Å²) in [6.07, 6.45) is 6.26. The number of anilines is 1. The number of benzene rings is 1. The molecule has 1 N–H and O–H groups in total. The molecule has 0 atom stereocenters. The second-order valence-electron chi connectivity index (χ2n) is 5.37. The monoisotopic (exact) mass is 244 g/mol. The molecule has 1 heterocycles. The molecule has 0 spiro atoms. The van der Waals surface area contributed by atoms with E-state index < -0.39 is 0 Å². The zero-order valence-electron chi connectivity index (χ0n) is 10.7. The molecule has 1 aromatic rings. The van der Waals surface area contributed by atoms with Crippen molar-refractivity contribution in [2.75, 3.05) is 18.4 Å². The van der Waals surface area contributed by atoms with E-state index in [1.165, 1.54) is 24.8 Å². The van der Waals surface area contributed by atoms with Crippen LogP contribution in [0.25, 0.3) is 0 Å². The van der Waals surface area contributed by atoms with Crippen molar-refractivity contribution in [1.82, 2.24) is 4.90 Å². The maximum Gasteiger partial charge on any atom is 0.321 e. The number of nitrogens with one attached hydrogen (secondary N) is 1. The summed E-state index contributed by atoms with van der Waals surface area (Å²) in [5.74, 6) is 0.758. The van der Waals surface area contributed by atoms with Crippen LogP contribution in [0.3, 0.4) is 0 Å². The van der Waals surface area contributed by atoms with E-state index in [9.17, 15) is 4.79 Å². The zero-order valence-corrected chi connectivity index (χ0v) is 10.7. The summed E-state index contributed by atoms with van der Waals surface area (Å²) >= 11 is 0. The highest BCUT2D eigenvalue weighted by atomic mass is 16.2. The Labute approximate surface area is 108 Å². The highest BCUT2D eigenvalue weighted by Crippen LogP contribution is 2.36. The molecule has 96 valence electrons. The van der Waals surface area contributed by atoms with Gasteiger partial charge in [0, 0.05) is 18.8 Å². The van der Waals surface area contributed by atoms with Gasteiger partial charge in [0.1, 0.15) is 0 Å². The predicted molar refractivity (Wildman–Crippen MR) is 72.9 cm³/mol. The minimum atomic E-state index is 0.0453. The molecule has 1 aliphatic heterocycles. The lowest BCUT2D eigenvalue weighted by Gasteiger charge is -2.26. The van der Waals surface area contributed by atoms with Crippen molar-refractivity contribution in [3.63, 3.8) is 0 Å². The third kappa shape index (κ3) is 2.35. The molecule has 0 unspecified atom stereocenters. The SMILES string of the molecule is O=C(Nc1ccc(C2CCC2)cc1)N1CCCC1. The minimum absolute atomic E-state index is 0.0453. The van der Waals surface area contributed by atoms with Gasteiger partial charge in [-0.25, -0.2) is 4.79 Å². The Bertz CT molecular complexity index is 417. The van der Waals surface area contributed by atoms with Crippen molar-refractivity contribution in [1.29, 1.82) is 0 Å². The van der Waals surface area contributed by atoms with Gasteiger partial charge < -0.3 is 10.2 Å². The molecule has 2 aliphatic rings. The molecule has 18 heavy (non-hydrogen) atoms. The smallest absolute Gasteiger partial charge is 0.321 e. The van der Waals surface area contributed by atoms with E-state index in [1.54, 1.807) is 0 Å². The molecule has 0 bridgehead atoms. The van der Waals surface area contributed by atoms with Crippen LogP contribution in [0.4, 0.5) is 10.5 Å². The second kappa shape index (κ2) is 5.01. The Morgan fingerprint density at radius 3 is 2.28 bits per heavy atom. The minimum Gasteiger partial charge on any atom is -0.325 e. The van der Waals surface area contributed by atoms with E-state index >= 15 is 0 Å². The topological polar surface area (TPSA) is 32.3 Å². The quantitative estimate of drug-likeness (QED) is 0.847. The Kier molecular flexibility index (Phi) is 3.22. The number of urea groups is 1. The lowest BCUT2D eigenvalue weighted by atomic mass is 9.80. The molecule has 3 nitrogen and oxygen atoms in total. The van der Waals surface area contributed by atoms with Crippen LogP contribution in [-0.4, -0.2) is 24.0 Å². The lowest BCUT2D eigenvalue weighted by molar-refractivity contribution is 0.222. The molecule has 1 saturated heterocycles. The summed E-state index contributed by atoms with van der Waals surface area (Å²) in [6.45, 7) is 1.79.